The van der Waals surface area contributed by atoms with E-state index < -0.39 is 27.4 Å². The maximum atomic E-state index is 11.4. The Hall–Kier alpha value is -0.590. The average Bonchev–Trinajstić information content (AvgIpc) is 1.96. The highest BCUT2D eigenvalue weighted by Gasteiger charge is 2.19. The minimum Gasteiger partial charge on any atom is -0.460 e. The van der Waals surface area contributed by atoms with E-state index in [2.05, 4.69) is 0 Å². The molecule has 0 aliphatic rings. The first kappa shape index (κ1) is 16.4. The van der Waals surface area contributed by atoms with E-state index in [1.54, 1.807) is 20.8 Å². The van der Waals surface area contributed by atoms with Crippen LogP contribution in [0.2, 0.25) is 0 Å². The molecule has 0 saturated carbocycles. The highest BCUT2D eigenvalue weighted by Crippen LogP contribution is 2.13. The van der Waals surface area contributed by atoms with Crippen molar-refractivity contribution >= 4 is 27.4 Å². The van der Waals surface area contributed by atoms with Crippen molar-refractivity contribution in [2.75, 3.05) is 6.26 Å². The number of carbonyl (C=O) groups is 1. The lowest BCUT2D eigenvalue weighted by Gasteiger charge is -2.20. The number of carbonyl (C=O) groups excluding carboxylic acids is 1. The molecule has 0 heterocycles. The van der Waals surface area contributed by atoms with Crippen molar-refractivity contribution < 1.29 is 17.9 Å². The van der Waals surface area contributed by atoms with Crippen molar-refractivity contribution in [3.05, 3.63) is 10.4 Å². The third-order valence-corrected chi connectivity index (χ3v) is 3.33. The number of esters is 1. The van der Waals surface area contributed by atoms with E-state index in [-0.39, 0.29) is 10.8 Å². The molecule has 0 amide bonds. The first-order chi connectivity index (χ1) is 7.42. The van der Waals surface area contributed by atoms with Gasteiger partial charge >= 0.3 is 5.97 Å². The molecule has 5 nitrogen and oxygen atoms in total. The molecule has 2 N–H and O–H groups in total. The molecule has 7 heteroatoms. The number of rotatable bonds is 4. The quantitative estimate of drug-likeness (QED) is 0.783. The van der Waals surface area contributed by atoms with Crippen molar-refractivity contribution in [2.45, 2.75) is 38.8 Å². The van der Waals surface area contributed by atoms with Crippen molar-refractivity contribution in [3.8, 4) is 0 Å². The minimum atomic E-state index is -3.47. The summed E-state index contributed by atoms with van der Waals surface area (Å²) in [6, 6.07) is -0.785. The first-order valence-corrected chi connectivity index (χ1v) is 7.23. The van der Waals surface area contributed by atoms with Crippen molar-refractivity contribution in [1.29, 1.82) is 0 Å². The van der Waals surface area contributed by atoms with Crippen LogP contribution >= 0.6 is 11.6 Å². The van der Waals surface area contributed by atoms with Gasteiger partial charge in [-0.05, 0) is 26.8 Å². The molecule has 17 heavy (non-hydrogen) atoms. The SMILES string of the molecule is CC(C)(C)OC(=O)CC(N)C=C(Cl)S(C)(=O)=O. The standard InChI is InChI=1S/C10H18ClNO4S/c1-10(2,3)16-9(13)6-7(12)5-8(11)17(4,14)15/h5,7H,6,12H2,1-4H3. The predicted octanol–water partition coefficient (Wildman–Crippen LogP) is 1.17. The molecular weight excluding hydrogens is 266 g/mol. The normalized spacial score (nSPS) is 15.5. The van der Waals surface area contributed by atoms with Crippen molar-refractivity contribution in [2.24, 2.45) is 5.73 Å². The summed E-state index contributed by atoms with van der Waals surface area (Å²) in [6.45, 7) is 5.20. The summed E-state index contributed by atoms with van der Waals surface area (Å²) in [7, 11) is -3.47. The Morgan fingerprint density at radius 1 is 1.47 bits per heavy atom. The van der Waals surface area contributed by atoms with E-state index in [0.29, 0.717) is 0 Å². The molecule has 0 spiro atoms. The van der Waals surface area contributed by atoms with Gasteiger partial charge in [-0.15, -0.1) is 0 Å². The van der Waals surface area contributed by atoms with E-state index in [0.717, 1.165) is 12.3 Å². The Labute approximate surface area is 107 Å². The predicted molar refractivity (Wildman–Crippen MR) is 67.2 cm³/mol. The molecule has 0 aromatic carbocycles. The summed E-state index contributed by atoms with van der Waals surface area (Å²) in [5, 5.41) is 0. The zero-order valence-corrected chi connectivity index (χ0v) is 11.9. The van der Waals surface area contributed by atoms with Crippen LogP contribution in [0.1, 0.15) is 27.2 Å². The fourth-order valence-electron chi connectivity index (χ4n) is 0.926. The molecule has 1 atom stereocenters. The second-order valence-electron chi connectivity index (χ2n) is 4.70. The topological polar surface area (TPSA) is 86.5 Å². The number of hydrogen-bond acceptors (Lipinski definition) is 5. The van der Waals surface area contributed by atoms with Crippen LogP contribution in [-0.4, -0.2) is 32.3 Å². The van der Waals surface area contributed by atoms with E-state index in [1.807, 2.05) is 0 Å². The van der Waals surface area contributed by atoms with Gasteiger partial charge in [0.15, 0.2) is 9.84 Å². The Morgan fingerprint density at radius 3 is 2.29 bits per heavy atom. The summed E-state index contributed by atoms with van der Waals surface area (Å²) in [5.41, 5.74) is 4.97. The van der Waals surface area contributed by atoms with Crippen LogP contribution in [-0.2, 0) is 19.4 Å². The summed E-state index contributed by atoms with van der Waals surface area (Å²) < 4.78 is 26.7. The molecule has 0 aliphatic carbocycles. The summed E-state index contributed by atoms with van der Waals surface area (Å²) >= 11 is 5.51. The molecule has 1 unspecified atom stereocenters. The maximum Gasteiger partial charge on any atom is 0.308 e. The van der Waals surface area contributed by atoms with Gasteiger partial charge in [-0.1, -0.05) is 11.6 Å². The molecule has 0 aromatic heterocycles. The summed E-state index contributed by atoms with van der Waals surface area (Å²) in [4.78, 5) is 11.4. The Morgan fingerprint density at radius 2 is 1.94 bits per heavy atom. The van der Waals surface area contributed by atoms with Gasteiger partial charge in [-0.25, -0.2) is 8.42 Å². The van der Waals surface area contributed by atoms with Crippen molar-refractivity contribution in [3.63, 3.8) is 0 Å². The van der Waals surface area contributed by atoms with Crippen molar-refractivity contribution in [1.82, 2.24) is 0 Å². The van der Waals surface area contributed by atoms with Gasteiger partial charge in [-0.3, -0.25) is 4.79 Å². The van der Waals surface area contributed by atoms with Crippen LogP contribution in [0, 0.1) is 0 Å². The number of halogens is 1. The zero-order valence-electron chi connectivity index (χ0n) is 10.4. The van der Waals surface area contributed by atoms with Crippen LogP contribution in [0.5, 0.6) is 0 Å². The third-order valence-electron chi connectivity index (χ3n) is 1.52. The average molecular weight is 284 g/mol. The number of ether oxygens (including phenoxy) is 1. The van der Waals surface area contributed by atoms with Gasteiger partial charge in [0.2, 0.25) is 0 Å². The lowest BCUT2D eigenvalue weighted by atomic mass is 10.2. The fraction of sp³-hybridized carbons (Fsp3) is 0.700. The number of nitrogens with two attached hydrogens (primary N) is 1. The van der Waals surface area contributed by atoms with E-state index in [4.69, 9.17) is 22.1 Å². The fourth-order valence-corrected chi connectivity index (χ4v) is 1.51. The Kier molecular flexibility index (Phi) is 5.64. The third kappa shape index (κ3) is 8.18. The van der Waals surface area contributed by atoms with E-state index in [9.17, 15) is 13.2 Å². The first-order valence-electron chi connectivity index (χ1n) is 4.96. The van der Waals surface area contributed by atoms with Gasteiger partial charge in [0, 0.05) is 12.3 Å². The van der Waals surface area contributed by atoms with Crippen LogP contribution in [0.15, 0.2) is 10.4 Å². The van der Waals surface area contributed by atoms with Crippen LogP contribution in [0.25, 0.3) is 0 Å². The van der Waals surface area contributed by atoms with Gasteiger partial charge in [0.1, 0.15) is 9.97 Å². The summed E-state index contributed by atoms with van der Waals surface area (Å²) in [6.07, 6.45) is 1.97. The number of sulfone groups is 1. The second kappa shape index (κ2) is 5.84. The Balaban J connectivity index is 4.48. The van der Waals surface area contributed by atoms with Crippen LogP contribution in [0.3, 0.4) is 0 Å². The monoisotopic (exact) mass is 283 g/mol. The molecular formula is C10H18ClNO4S. The molecule has 0 bridgehead atoms. The number of hydrogen-bond donors (Lipinski definition) is 1. The van der Waals surface area contributed by atoms with Crippen LogP contribution < -0.4 is 5.73 Å². The minimum absolute atomic E-state index is 0.122. The molecule has 0 fully saturated rings. The highest BCUT2D eigenvalue weighted by molar-refractivity contribution is 7.96. The zero-order chi connectivity index (χ0) is 13.9. The van der Waals surface area contributed by atoms with E-state index in [1.165, 1.54) is 0 Å². The van der Waals surface area contributed by atoms with E-state index >= 15 is 0 Å². The largest absolute Gasteiger partial charge is 0.460 e. The lowest BCUT2D eigenvalue weighted by Crippen LogP contribution is -2.29. The van der Waals surface area contributed by atoms with Gasteiger partial charge in [0.05, 0.1) is 6.42 Å². The molecule has 0 rings (SSSR count). The maximum absolute atomic E-state index is 11.4. The summed E-state index contributed by atoms with van der Waals surface area (Å²) in [5.74, 6) is -0.501. The molecule has 0 radical (unpaired) electrons. The smallest absolute Gasteiger partial charge is 0.308 e. The Bertz CT molecular complexity index is 409. The highest BCUT2D eigenvalue weighted by atomic mass is 35.5. The molecule has 0 aliphatic heterocycles. The van der Waals surface area contributed by atoms with Gasteiger partial charge in [0.25, 0.3) is 0 Å². The molecule has 0 saturated heterocycles. The van der Waals surface area contributed by atoms with Crippen LogP contribution in [0.4, 0.5) is 0 Å². The van der Waals surface area contributed by atoms with Gasteiger partial charge < -0.3 is 10.5 Å². The molecule has 0 aromatic rings. The van der Waals surface area contributed by atoms with Gasteiger partial charge in [-0.2, -0.15) is 0 Å². The second-order valence-corrected chi connectivity index (χ2v) is 7.31. The lowest BCUT2D eigenvalue weighted by molar-refractivity contribution is -0.154. The molecule has 100 valence electrons.